The van der Waals surface area contributed by atoms with Gasteiger partial charge in [0, 0.05) is 5.56 Å². The standard InChI is InChI=1S/C18H26O2/c1-2-3-5-9-16-12-8-13-17(20-14-19)18(16)15-10-6-4-7-11-15/h8,12-15H,2-7,9-11H2,1H3. The highest BCUT2D eigenvalue weighted by Crippen LogP contribution is 2.39. The molecule has 0 bridgehead atoms. The van der Waals surface area contributed by atoms with Crippen LogP contribution < -0.4 is 4.74 Å². The van der Waals surface area contributed by atoms with Crippen LogP contribution in [0.1, 0.15) is 75.3 Å². The molecule has 1 saturated carbocycles. The van der Waals surface area contributed by atoms with Crippen LogP contribution in [-0.2, 0) is 11.2 Å². The van der Waals surface area contributed by atoms with Crippen LogP contribution in [0.4, 0.5) is 0 Å². The minimum atomic E-state index is 0.567. The fourth-order valence-corrected chi connectivity index (χ4v) is 3.38. The minimum absolute atomic E-state index is 0.567. The minimum Gasteiger partial charge on any atom is -0.428 e. The second-order valence-electron chi connectivity index (χ2n) is 5.84. The van der Waals surface area contributed by atoms with Gasteiger partial charge < -0.3 is 4.74 Å². The van der Waals surface area contributed by atoms with Gasteiger partial charge in [-0.05, 0) is 43.2 Å². The van der Waals surface area contributed by atoms with E-state index in [1.54, 1.807) is 0 Å². The molecule has 1 aliphatic carbocycles. The van der Waals surface area contributed by atoms with E-state index in [-0.39, 0.29) is 0 Å². The Hall–Kier alpha value is -1.31. The van der Waals surface area contributed by atoms with Gasteiger partial charge in [0.2, 0.25) is 0 Å². The van der Waals surface area contributed by atoms with Gasteiger partial charge in [-0.15, -0.1) is 0 Å². The fourth-order valence-electron chi connectivity index (χ4n) is 3.38. The summed E-state index contributed by atoms with van der Waals surface area (Å²) in [6, 6.07) is 6.19. The zero-order valence-electron chi connectivity index (χ0n) is 12.6. The number of unbranched alkanes of at least 4 members (excludes halogenated alkanes) is 2. The summed E-state index contributed by atoms with van der Waals surface area (Å²) in [4.78, 5) is 10.8. The first kappa shape index (κ1) is 15.1. The number of hydrogen-bond donors (Lipinski definition) is 0. The molecule has 1 aliphatic rings. The zero-order chi connectivity index (χ0) is 14.2. The van der Waals surface area contributed by atoms with E-state index in [0.717, 1.165) is 12.2 Å². The Kier molecular flexibility index (Phi) is 6.10. The first-order valence-corrected chi connectivity index (χ1v) is 8.09. The lowest BCUT2D eigenvalue weighted by Gasteiger charge is -2.26. The zero-order valence-corrected chi connectivity index (χ0v) is 12.6. The van der Waals surface area contributed by atoms with Gasteiger partial charge in [-0.3, -0.25) is 4.79 Å². The predicted molar refractivity (Wildman–Crippen MR) is 82.2 cm³/mol. The average Bonchev–Trinajstić information content (AvgIpc) is 2.49. The predicted octanol–water partition coefficient (Wildman–Crippen LogP) is 5.00. The highest BCUT2D eigenvalue weighted by molar-refractivity contribution is 5.51. The summed E-state index contributed by atoms with van der Waals surface area (Å²) in [6.07, 6.45) is 11.3. The second kappa shape index (κ2) is 8.08. The van der Waals surface area contributed by atoms with E-state index >= 15 is 0 Å². The molecule has 2 heteroatoms. The molecule has 0 saturated heterocycles. The Bertz CT molecular complexity index is 419. The maximum atomic E-state index is 10.8. The number of rotatable bonds is 7. The lowest BCUT2D eigenvalue weighted by molar-refractivity contribution is -0.120. The molecule has 0 atom stereocenters. The summed E-state index contributed by atoms with van der Waals surface area (Å²) in [7, 11) is 0. The molecule has 0 unspecified atom stereocenters. The summed E-state index contributed by atoms with van der Waals surface area (Å²) < 4.78 is 5.26. The quantitative estimate of drug-likeness (QED) is 0.516. The summed E-state index contributed by atoms with van der Waals surface area (Å²) in [5, 5.41) is 0. The van der Waals surface area contributed by atoms with Crippen LogP contribution in [-0.4, -0.2) is 6.47 Å². The van der Waals surface area contributed by atoms with Crippen LogP contribution >= 0.6 is 0 Å². The SMILES string of the molecule is CCCCCc1cccc(OC=O)c1C1CCCCC1. The Morgan fingerprint density at radius 2 is 2.00 bits per heavy atom. The van der Waals surface area contributed by atoms with Crippen molar-refractivity contribution in [2.45, 2.75) is 70.6 Å². The first-order valence-electron chi connectivity index (χ1n) is 8.09. The van der Waals surface area contributed by atoms with Crippen molar-refractivity contribution in [3.05, 3.63) is 29.3 Å². The van der Waals surface area contributed by atoms with Crippen LogP contribution in [0.2, 0.25) is 0 Å². The smallest absolute Gasteiger partial charge is 0.298 e. The molecule has 20 heavy (non-hydrogen) atoms. The summed E-state index contributed by atoms with van der Waals surface area (Å²) in [5.41, 5.74) is 2.71. The fraction of sp³-hybridized carbons (Fsp3) is 0.611. The molecule has 1 fully saturated rings. The molecule has 2 nitrogen and oxygen atoms in total. The van der Waals surface area contributed by atoms with Crippen molar-refractivity contribution in [2.75, 3.05) is 0 Å². The normalized spacial score (nSPS) is 16.1. The van der Waals surface area contributed by atoms with Crippen molar-refractivity contribution < 1.29 is 9.53 Å². The molecule has 110 valence electrons. The maximum absolute atomic E-state index is 10.8. The molecule has 0 amide bonds. The second-order valence-corrected chi connectivity index (χ2v) is 5.84. The number of benzene rings is 1. The Morgan fingerprint density at radius 1 is 1.20 bits per heavy atom. The van der Waals surface area contributed by atoms with E-state index in [4.69, 9.17) is 4.74 Å². The number of hydrogen-bond acceptors (Lipinski definition) is 2. The molecular weight excluding hydrogens is 248 g/mol. The van der Waals surface area contributed by atoms with Crippen molar-refractivity contribution in [2.24, 2.45) is 0 Å². The van der Waals surface area contributed by atoms with Crippen molar-refractivity contribution >= 4 is 6.47 Å². The first-order chi connectivity index (χ1) is 9.86. The van der Waals surface area contributed by atoms with Crippen LogP contribution in [0.25, 0.3) is 0 Å². The van der Waals surface area contributed by atoms with Gasteiger partial charge >= 0.3 is 0 Å². The largest absolute Gasteiger partial charge is 0.428 e. The number of carbonyl (C=O) groups is 1. The molecular formula is C18H26O2. The summed E-state index contributed by atoms with van der Waals surface area (Å²) in [5.74, 6) is 1.37. The third-order valence-corrected chi connectivity index (χ3v) is 4.39. The summed E-state index contributed by atoms with van der Waals surface area (Å²) >= 11 is 0. The monoisotopic (exact) mass is 274 g/mol. The molecule has 1 aromatic rings. The van der Waals surface area contributed by atoms with E-state index in [1.807, 2.05) is 12.1 Å². The van der Waals surface area contributed by atoms with E-state index in [9.17, 15) is 4.79 Å². The lowest BCUT2D eigenvalue weighted by atomic mass is 9.80. The average molecular weight is 274 g/mol. The topological polar surface area (TPSA) is 26.3 Å². The van der Waals surface area contributed by atoms with Crippen molar-refractivity contribution in [1.29, 1.82) is 0 Å². The molecule has 0 N–H and O–H groups in total. The molecule has 2 rings (SSSR count). The molecule has 0 heterocycles. The van der Waals surface area contributed by atoms with Crippen LogP contribution in [0.3, 0.4) is 0 Å². The molecule has 1 aromatic carbocycles. The van der Waals surface area contributed by atoms with Crippen molar-refractivity contribution in [3.63, 3.8) is 0 Å². The van der Waals surface area contributed by atoms with Crippen molar-refractivity contribution in [3.8, 4) is 5.75 Å². The van der Waals surface area contributed by atoms with Crippen LogP contribution in [0, 0.1) is 0 Å². The Morgan fingerprint density at radius 3 is 2.70 bits per heavy atom. The Balaban J connectivity index is 2.23. The number of ether oxygens (including phenoxy) is 1. The van der Waals surface area contributed by atoms with E-state index < -0.39 is 0 Å². The van der Waals surface area contributed by atoms with E-state index in [2.05, 4.69) is 13.0 Å². The van der Waals surface area contributed by atoms with Gasteiger partial charge in [0.15, 0.2) is 0 Å². The van der Waals surface area contributed by atoms with Gasteiger partial charge in [0.05, 0.1) is 0 Å². The molecule has 0 radical (unpaired) electrons. The van der Waals surface area contributed by atoms with Gasteiger partial charge in [0.25, 0.3) is 6.47 Å². The van der Waals surface area contributed by atoms with E-state index in [1.165, 1.54) is 62.5 Å². The number of carbonyl (C=O) groups excluding carboxylic acids is 1. The van der Waals surface area contributed by atoms with Crippen LogP contribution in [0.5, 0.6) is 5.75 Å². The third kappa shape index (κ3) is 3.84. The van der Waals surface area contributed by atoms with Gasteiger partial charge in [-0.1, -0.05) is 51.2 Å². The highest BCUT2D eigenvalue weighted by Gasteiger charge is 2.22. The summed E-state index contributed by atoms with van der Waals surface area (Å²) in [6.45, 7) is 2.80. The van der Waals surface area contributed by atoms with Crippen molar-refractivity contribution in [1.82, 2.24) is 0 Å². The van der Waals surface area contributed by atoms with Gasteiger partial charge in [-0.25, -0.2) is 0 Å². The third-order valence-electron chi connectivity index (χ3n) is 4.39. The number of aryl methyl sites for hydroxylation is 1. The molecule has 0 spiro atoms. The maximum Gasteiger partial charge on any atom is 0.298 e. The highest BCUT2D eigenvalue weighted by atomic mass is 16.5. The van der Waals surface area contributed by atoms with Gasteiger partial charge in [-0.2, -0.15) is 0 Å². The molecule has 0 aliphatic heterocycles. The van der Waals surface area contributed by atoms with E-state index in [0.29, 0.717) is 12.4 Å². The molecule has 0 aromatic heterocycles. The van der Waals surface area contributed by atoms with Gasteiger partial charge in [0.1, 0.15) is 5.75 Å². The Labute approximate surface area is 122 Å². The van der Waals surface area contributed by atoms with Crippen LogP contribution in [0.15, 0.2) is 18.2 Å². The lowest BCUT2D eigenvalue weighted by Crippen LogP contribution is -2.10.